The Kier molecular flexibility index (Phi) is 4.72. The Morgan fingerprint density at radius 2 is 2.17 bits per heavy atom. The monoisotopic (exact) mass is 272 g/mol. The molecule has 1 aromatic heterocycles. The Morgan fingerprint density at radius 1 is 1.50 bits per heavy atom. The maximum absolute atomic E-state index is 11.5. The number of nitrogens with zero attached hydrogens (tertiary/aromatic N) is 1. The van der Waals surface area contributed by atoms with Gasteiger partial charge in [0.1, 0.15) is 5.02 Å². The lowest BCUT2D eigenvalue weighted by Crippen LogP contribution is -2.41. The Labute approximate surface area is 110 Å². The number of anilines is 1. The van der Waals surface area contributed by atoms with Crippen LogP contribution in [0.1, 0.15) is 27.2 Å². The molecule has 1 rings (SSSR count). The van der Waals surface area contributed by atoms with Crippen molar-refractivity contribution in [1.29, 1.82) is 0 Å². The fraction of sp³-hybridized carbons (Fsp3) is 0.545. The molecular weight excluding hydrogens is 256 g/mol. The highest BCUT2D eigenvalue weighted by Crippen LogP contribution is 2.11. The molecule has 0 atom stereocenters. The SMILES string of the molecule is CC(C)(C)NC(=O)CCNc1nc[nH]c(=O)c1Cl. The highest BCUT2D eigenvalue weighted by molar-refractivity contribution is 6.32. The summed E-state index contributed by atoms with van der Waals surface area (Å²) in [5, 5.41) is 5.67. The van der Waals surface area contributed by atoms with Crippen molar-refractivity contribution in [2.24, 2.45) is 0 Å². The average Bonchev–Trinajstić information content (AvgIpc) is 2.21. The third-order valence-electron chi connectivity index (χ3n) is 1.96. The van der Waals surface area contributed by atoms with Crippen molar-refractivity contribution >= 4 is 23.3 Å². The zero-order chi connectivity index (χ0) is 13.8. The van der Waals surface area contributed by atoms with Crippen LogP contribution in [0.3, 0.4) is 0 Å². The minimum Gasteiger partial charge on any atom is -0.368 e. The highest BCUT2D eigenvalue weighted by Gasteiger charge is 2.13. The molecule has 0 aromatic carbocycles. The van der Waals surface area contributed by atoms with Crippen LogP contribution in [-0.2, 0) is 4.79 Å². The molecule has 7 heteroatoms. The minimum absolute atomic E-state index is 0.00581. The van der Waals surface area contributed by atoms with E-state index in [0.29, 0.717) is 6.54 Å². The fourth-order valence-corrected chi connectivity index (χ4v) is 1.45. The Balaban J connectivity index is 2.45. The average molecular weight is 273 g/mol. The zero-order valence-corrected chi connectivity index (χ0v) is 11.4. The summed E-state index contributed by atoms with van der Waals surface area (Å²) in [7, 11) is 0. The van der Waals surface area contributed by atoms with Gasteiger partial charge in [0.15, 0.2) is 5.82 Å². The van der Waals surface area contributed by atoms with Crippen molar-refractivity contribution in [1.82, 2.24) is 15.3 Å². The largest absolute Gasteiger partial charge is 0.368 e. The molecule has 1 amide bonds. The number of hydrogen-bond donors (Lipinski definition) is 3. The van der Waals surface area contributed by atoms with Crippen LogP contribution < -0.4 is 16.2 Å². The molecule has 3 N–H and O–H groups in total. The summed E-state index contributed by atoms with van der Waals surface area (Å²) in [5.41, 5.74) is -0.662. The molecule has 0 aliphatic carbocycles. The van der Waals surface area contributed by atoms with Gasteiger partial charge in [-0.3, -0.25) is 9.59 Å². The summed E-state index contributed by atoms with van der Waals surface area (Å²) in [4.78, 5) is 28.9. The van der Waals surface area contributed by atoms with Gasteiger partial charge >= 0.3 is 0 Å². The molecule has 0 spiro atoms. The first-order valence-electron chi connectivity index (χ1n) is 5.57. The van der Waals surface area contributed by atoms with E-state index < -0.39 is 5.56 Å². The predicted octanol–water partition coefficient (Wildman–Crippen LogP) is 1.14. The molecule has 0 aliphatic rings. The van der Waals surface area contributed by atoms with Gasteiger partial charge < -0.3 is 15.6 Å². The van der Waals surface area contributed by atoms with Crippen molar-refractivity contribution in [3.05, 3.63) is 21.7 Å². The van der Waals surface area contributed by atoms with Gasteiger partial charge in [-0.1, -0.05) is 11.6 Å². The van der Waals surface area contributed by atoms with Crippen LogP contribution in [0, 0.1) is 0 Å². The lowest BCUT2D eigenvalue weighted by atomic mass is 10.1. The quantitative estimate of drug-likeness (QED) is 0.767. The smallest absolute Gasteiger partial charge is 0.271 e. The molecular formula is C11H17ClN4O2. The van der Waals surface area contributed by atoms with E-state index in [2.05, 4.69) is 20.6 Å². The molecule has 6 nitrogen and oxygen atoms in total. The second-order valence-electron chi connectivity index (χ2n) is 4.87. The Morgan fingerprint density at radius 3 is 2.78 bits per heavy atom. The summed E-state index contributed by atoms with van der Waals surface area (Å²) >= 11 is 5.75. The molecule has 0 saturated carbocycles. The number of aromatic nitrogens is 2. The van der Waals surface area contributed by atoms with E-state index in [1.165, 1.54) is 6.33 Å². The fourth-order valence-electron chi connectivity index (χ4n) is 1.28. The minimum atomic E-state index is -0.409. The Bertz CT molecular complexity index is 479. The number of rotatable bonds is 4. The molecule has 0 aliphatic heterocycles. The van der Waals surface area contributed by atoms with Gasteiger partial charge in [0, 0.05) is 18.5 Å². The summed E-state index contributed by atoms with van der Waals surface area (Å²) in [6, 6.07) is 0. The molecule has 1 heterocycles. The maximum atomic E-state index is 11.5. The first-order chi connectivity index (χ1) is 8.29. The molecule has 18 heavy (non-hydrogen) atoms. The van der Waals surface area contributed by atoms with Crippen molar-refractivity contribution in [2.75, 3.05) is 11.9 Å². The van der Waals surface area contributed by atoms with Gasteiger partial charge in [-0.2, -0.15) is 0 Å². The van der Waals surface area contributed by atoms with E-state index in [-0.39, 0.29) is 28.7 Å². The number of hydrogen-bond acceptors (Lipinski definition) is 4. The van der Waals surface area contributed by atoms with E-state index in [0.717, 1.165) is 0 Å². The lowest BCUT2D eigenvalue weighted by molar-refractivity contribution is -0.122. The second-order valence-corrected chi connectivity index (χ2v) is 5.25. The molecule has 1 aromatic rings. The van der Waals surface area contributed by atoms with Gasteiger partial charge in [0.25, 0.3) is 5.56 Å². The van der Waals surface area contributed by atoms with Gasteiger partial charge in [-0.05, 0) is 20.8 Å². The first-order valence-corrected chi connectivity index (χ1v) is 5.95. The van der Waals surface area contributed by atoms with Crippen molar-refractivity contribution in [3.8, 4) is 0 Å². The number of H-pyrrole nitrogens is 1. The first kappa shape index (κ1) is 14.5. The standard InChI is InChI=1S/C11H17ClN4O2/c1-11(2,3)16-7(17)4-5-13-9-8(12)10(18)15-6-14-9/h6H,4-5H2,1-3H3,(H,16,17)(H2,13,14,15,18). The van der Waals surface area contributed by atoms with E-state index in [1.54, 1.807) is 0 Å². The number of carbonyl (C=O) groups excluding carboxylic acids is 1. The lowest BCUT2D eigenvalue weighted by Gasteiger charge is -2.20. The zero-order valence-electron chi connectivity index (χ0n) is 10.6. The van der Waals surface area contributed by atoms with E-state index in [1.807, 2.05) is 20.8 Å². The van der Waals surface area contributed by atoms with Crippen molar-refractivity contribution in [2.45, 2.75) is 32.7 Å². The van der Waals surface area contributed by atoms with E-state index in [4.69, 9.17) is 11.6 Å². The predicted molar refractivity (Wildman–Crippen MR) is 70.9 cm³/mol. The summed E-state index contributed by atoms with van der Waals surface area (Å²) in [5.74, 6) is 0.208. The maximum Gasteiger partial charge on any atom is 0.271 e. The van der Waals surface area contributed by atoms with Gasteiger partial charge in [-0.15, -0.1) is 0 Å². The summed E-state index contributed by atoms with van der Waals surface area (Å²) in [6.45, 7) is 6.09. The Hall–Kier alpha value is -1.56. The topological polar surface area (TPSA) is 86.9 Å². The van der Waals surface area contributed by atoms with Crippen LogP contribution in [0.15, 0.2) is 11.1 Å². The van der Waals surface area contributed by atoms with Crippen LogP contribution in [0.25, 0.3) is 0 Å². The van der Waals surface area contributed by atoms with Crippen LogP contribution >= 0.6 is 11.6 Å². The van der Waals surface area contributed by atoms with E-state index >= 15 is 0 Å². The van der Waals surface area contributed by atoms with Crippen LogP contribution in [0.2, 0.25) is 5.02 Å². The van der Waals surface area contributed by atoms with Crippen LogP contribution in [-0.4, -0.2) is 28.0 Å². The van der Waals surface area contributed by atoms with Gasteiger partial charge in [0.05, 0.1) is 6.33 Å². The van der Waals surface area contributed by atoms with Crippen LogP contribution in [0.5, 0.6) is 0 Å². The molecule has 0 fully saturated rings. The third-order valence-corrected chi connectivity index (χ3v) is 2.31. The number of halogens is 1. The molecule has 0 unspecified atom stereocenters. The number of aromatic amines is 1. The molecule has 0 saturated heterocycles. The summed E-state index contributed by atoms with van der Waals surface area (Å²) < 4.78 is 0. The van der Waals surface area contributed by atoms with Crippen molar-refractivity contribution < 1.29 is 4.79 Å². The van der Waals surface area contributed by atoms with Gasteiger partial charge in [-0.25, -0.2) is 4.98 Å². The van der Waals surface area contributed by atoms with Crippen LogP contribution in [0.4, 0.5) is 5.82 Å². The molecule has 100 valence electrons. The molecule has 0 radical (unpaired) electrons. The number of nitrogens with one attached hydrogen (secondary N) is 3. The van der Waals surface area contributed by atoms with Crippen molar-refractivity contribution in [3.63, 3.8) is 0 Å². The highest BCUT2D eigenvalue weighted by atomic mass is 35.5. The third kappa shape index (κ3) is 4.75. The normalized spacial score (nSPS) is 11.1. The number of amides is 1. The summed E-state index contributed by atoms with van der Waals surface area (Å²) in [6.07, 6.45) is 1.54. The number of carbonyl (C=O) groups is 1. The van der Waals surface area contributed by atoms with E-state index in [9.17, 15) is 9.59 Å². The second kappa shape index (κ2) is 5.86. The molecule has 0 bridgehead atoms. The van der Waals surface area contributed by atoms with Gasteiger partial charge in [0.2, 0.25) is 5.91 Å².